The summed E-state index contributed by atoms with van der Waals surface area (Å²) in [6.07, 6.45) is 0. The molecule has 0 aliphatic heterocycles. The number of hydrogen-bond donors (Lipinski definition) is 3. The zero-order valence-corrected chi connectivity index (χ0v) is 20.3. The van der Waals surface area contributed by atoms with Gasteiger partial charge in [-0.2, -0.15) is 0 Å². The van der Waals surface area contributed by atoms with E-state index in [0.29, 0.717) is 99.0 Å². The monoisotopic (exact) mass is 498 g/mol. The van der Waals surface area contributed by atoms with E-state index in [4.69, 9.17) is 38.3 Å². The Morgan fingerprint density at radius 3 is 1.24 bits per heavy atom. The molecule has 3 N–H and O–H groups in total. The minimum absolute atomic E-state index is 0.294. The summed E-state index contributed by atoms with van der Waals surface area (Å²) in [5, 5.41) is 13.9. The first-order valence-corrected chi connectivity index (χ1v) is 11.4. The molecule has 0 aromatic carbocycles. The minimum Gasteiger partial charge on any atom is -0.480 e. The van der Waals surface area contributed by atoms with Gasteiger partial charge in [-0.15, -0.1) is 0 Å². The van der Waals surface area contributed by atoms with Crippen LogP contribution >= 0.6 is 0 Å². The highest BCUT2D eigenvalue weighted by atomic mass is 16.6. The maximum Gasteiger partial charge on any atom is 0.329 e. The maximum atomic E-state index is 11.3. The smallest absolute Gasteiger partial charge is 0.329 e. The summed E-state index contributed by atoms with van der Waals surface area (Å²) in [7, 11) is 1.88. The average molecular weight is 499 g/mol. The van der Waals surface area contributed by atoms with Gasteiger partial charge in [-0.05, 0) is 7.05 Å². The fraction of sp³-hybridized carbons (Fsp3) is 0.905. The lowest BCUT2D eigenvalue weighted by molar-refractivity contribution is -0.143. The third-order valence-electron chi connectivity index (χ3n) is 3.76. The van der Waals surface area contributed by atoms with E-state index in [-0.39, 0.29) is 6.61 Å². The van der Waals surface area contributed by atoms with Crippen molar-refractivity contribution in [1.29, 1.82) is 0 Å². The SMILES string of the molecule is CNCCOCCOCCOCCOCCOCCOCCOCCNC(=O)COCC(=O)O. The zero-order chi connectivity index (χ0) is 25.0. The predicted molar refractivity (Wildman–Crippen MR) is 121 cm³/mol. The topological polar surface area (TPSA) is 152 Å². The largest absolute Gasteiger partial charge is 0.480 e. The van der Waals surface area contributed by atoms with Gasteiger partial charge in [-0.25, -0.2) is 4.79 Å². The van der Waals surface area contributed by atoms with Gasteiger partial charge in [0.25, 0.3) is 0 Å². The molecule has 34 heavy (non-hydrogen) atoms. The molecular formula is C21H42N2O11. The predicted octanol–water partition coefficient (Wildman–Crippen LogP) is -1.46. The van der Waals surface area contributed by atoms with Crippen molar-refractivity contribution in [2.24, 2.45) is 0 Å². The van der Waals surface area contributed by atoms with Crippen molar-refractivity contribution in [2.75, 3.05) is 126 Å². The quantitative estimate of drug-likeness (QED) is 0.108. The molecule has 0 atom stereocenters. The average Bonchev–Trinajstić information content (AvgIpc) is 2.81. The number of ether oxygens (including phenoxy) is 8. The van der Waals surface area contributed by atoms with E-state index < -0.39 is 18.5 Å². The van der Waals surface area contributed by atoms with E-state index in [0.717, 1.165) is 6.54 Å². The number of rotatable bonds is 28. The molecule has 0 aliphatic carbocycles. The van der Waals surface area contributed by atoms with Gasteiger partial charge in [0, 0.05) is 13.1 Å². The van der Waals surface area contributed by atoms with Crippen molar-refractivity contribution in [3.63, 3.8) is 0 Å². The van der Waals surface area contributed by atoms with Crippen LogP contribution in [0.5, 0.6) is 0 Å². The highest BCUT2D eigenvalue weighted by Gasteiger charge is 2.03. The Kier molecular flexibility index (Phi) is 26.7. The molecule has 202 valence electrons. The van der Waals surface area contributed by atoms with Gasteiger partial charge in [-0.1, -0.05) is 0 Å². The summed E-state index contributed by atoms with van der Waals surface area (Å²) in [6, 6.07) is 0. The molecule has 0 bridgehead atoms. The molecule has 0 spiro atoms. The molecule has 0 aromatic rings. The van der Waals surface area contributed by atoms with Crippen molar-refractivity contribution >= 4 is 11.9 Å². The number of carboxylic acids is 1. The van der Waals surface area contributed by atoms with Crippen molar-refractivity contribution in [3.8, 4) is 0 Å². The van der Waals surface area contributed by atoms with Gasteiger partial charge in [0.2, 0.25) is 5.91 Å². The second-order valence-electron chi connectivity index (χ2n) is 6.63. The molecule has 0 rings (SSSR count). The van der Waals surface area contributed by atoms with Gasteiger partial charge in [-0.3, -0.25) is 4.79 Å². The molecular weight excluding hydrogens is 456 g/mol. The molecule has 1 amide bonds. The number of carboxylic acid groups (broad SMARTS) is 1. The van der Waals surface area contributed by atoms with Gasteiger partial charge in [0.1, 0.15) is 13.2 Å². The summed E-state index contributed by atoms with van der Waals surface area (Å²) >= 11 is 0. The maximum absolute atomic E-state index is 11.3. The molecule has 0 saturated heterocycles. The van der Waals surface area contributed by atoms with Gasteiger partial charge in [0.05, 0.1) is 92.5 Å². The molecule has 0 fully saturated rings. The summed E-state index contributed by atoms with van der Waals surface area (Å²) in [5.74, 6) is -1.51. The first-order chi connectivity index (χ1) is 16.7. The summed E-state index contributed by atoms with van der Waals surface area (Å²) in [5.41, 5.74) is 0. The van der Waals surface area contributed by atoms with Crippen LogP contribution in [0.15, 0.2) is 0 Å². The van der Waals surface area contributed by atoms with E-state index in [2.05, 4.69) is 15.4 Å². The first-order valence-electron chi connectivity index (χ1n) is 11.4. The second kappa shape index (κ2) is 27.8. The van der Waals surface area contributed by atoms with Crippen molar-refractivity contribution in [2.45, 2.75) is 0 Å². The third-order valence-corrected chi connectivity index (χ3v) is 3.76. The molecule has 0 aromatic heterocycles. The Morgan fingerprint density at radius 2 is 0.882 bits per heavy atom. The number of hydrogen-bond acceptors (Lipinski definition) is 11. The van der Waals surface area contributed by atoms with E-state index >= 15 is 0 Å². The number of nitrogens with one attached hydrogen (secondary N) is 2. The lowest BCUT2D eigenvalue weighted by Gasteiger charge is -2.09. The highest BCUT2D eigenvalue weighted by Crippen LogP contribution is 1.85. The summed E-state index contributed by atoms with van der Waals surface area (Å²) in [6.45, 7) is 7.25. The van der Waals surface area contributed by atoms with Crippen LogP contribution in [0.25, 0.3) is 0 Å². The lowest BCUT2D eigenvalue weighted by atomic mass is 10.6. The normalized spacial score (nSPS) is 11.1. The van der Waals surface area contributed by atoms with Crippen molar-refractivity contribution in [1.82, 2.24) is 10.6 Å². The molecule has 13 heteroatoms. The van der Waals surface area contributed by atoms with E-state index in [1.54, 1.807) is 0 Å². The van der Waals surface area contributed by atoms with Crippen LogP contribution in [0.2, 0.25) is 0 Å². The molecule has 13 nitrogen and oxygen atoms in total. The Morgan fingerprint density at radius 1 is 0.529 bits per heavy atom. The third kappa shape index (κ3) is 28.6. The van der Waals surface area contributed by atoms with Crippen LogP contribution in [0.4, 0.5) is 0 Å². The lowest BCUT2D eigenvalue weighted by Crippen LogP contribution is -2.31. The zero-order valence-electron chi connectivity index (χ0n) is 20.3. The van der Waals surface area contributed by atoms with Crippen LogP contribution in [-0.2, 0) is 47.5 Å². The second-order valence-corrected chi connectivity index (χ2v) is 6.63. The summed E-state index contributed by atoms with van der Waals surface area (Å²) in [4.78, 5) is 21.5. The fourth-order valence-corrected chi connectivity index (χ4v) is 2.14. The number of aliphatic carboxylic acids is 1. The number of amides is 1. The molecule has 0 saturated carbocycles. The van der Waals surface area contributed by atoms with Crippen LogP contribution in [0, 0.1) is 0 Å². The Bertz CT molecular complexity index is 458. The van der Waals surface area contributed by atoms with Gasteiger partial charge < -0.3 is 53.6 Å². The van der Waals surface area contributed by atoms with Crippen molar-refractivity contribution < 1.29 is 52.6 Å². The molecule has 0 radical (unpaired) electrons. The molecule has 0 heterocycles. The Labute approximate surface area is 201 Å². The standard InChI is InChI=1S/C21H42N2O11/c1-22-2-4-27-6-8-29-10-12-31-14-16-33-17-15-32-13-11-30-9-7-28-5-3-23-20(24)18-34-19-21(25)26/h22H,2-19H2,1H3,(H,23,24)(H,25,26). The Hall–Kier alpha value is -1.42. The van der Waals surface area contributed by atoms with E-state index in [9.17, 15) is 9.59 Å². The number of carbonyl (C=O) groups excluding carboxylic acids is 1. The van der Waals surface area contributed by atoms with Crippen LogP contribution in [-0.4, -0.2) is 143 Å². The van der Waals surface area contributed by atoms with Crippen LogP contribution in [0.3, 0.4) is 0 Å². The first kappa shape index (κ1) is 32.6. The molecule has 0 aliphatic rings. The van der Waals surface area contributed by atoms with Gasteiger partial charge >= 0.3 is 5.97 Å². The van der Waals surface area contributed by atoms with Crippen molar-refractivity contribution in [3.05, 3.63) is 0 Å². The minimum atomic E-state index is -1.12. The van der Waals surface area contributed by atoms with Crippen LogP contribution < -0.4 is 10.6 Å². The van der Waals surface area contributed by atoms with E-state index in [1.165, 1.54) is 0 Å². The van der Waals surface area contributed by atoms with Gasteiger partial charge in [0.15, 0.2) is 0 Å². The Balaban J connectivity index is 3.09. The van der Waals surface area contributed by atoms with E-state index in [1.807, 2.05) is 7.05 Å². The number of likely N-dealkylation sites (N-methyl/N-ethyl adjacent to an activating group) is 1. The molecule has 0 unspecified atom stereocenters. The van der Waals surface area contributed by atoms with Crippen LogP contribution in [0.1, 0.15) is 0 Å². The highest BCUT2D eigenvalue weighted by molar-refractivity contribution is 5.77. The number of carbonyl (C=O) groups is 2. The summed E-state index contributed by atoms with van der Waals surface area (Å²) < 4.78 is 42.2. The fourth-order valence-electron chi connectivity index (χ4n) is 2.14.